The van der Waals surface area contributed by atoms with Gasteiger partial charge in [0.25, 0.3) is 0 Å². The van der Waals surface area contributed by atoms with Crippen LogP contribution in [-0.2, 0) is 0 Å². The summed E-state index contributed by atoms with van der Waals surface area (Å²) in [5.41, 5.74) is 0.474. The molecule has 3 heteroatoms. The standard InChI is InChI=1S/C11H13N3/c12-8-10-2-1-3-11(14-10)13-7-6-9-4-5-9/h1-3,9H,4-7H2,(H,13,14). The maximum absolute atomic E-state index is 8.65. The first kappa shape index (κ1) is 9.01. The van der Waals surface area contributed by atoms with Crippen molar-refractivity contribution in [3.63, 3.8) is 0 Å². The van der Waals surface area contributed by atoms with E-state index in [0.717, 1.165) is 18.3 Å². The molecule has 1 fully saturated rings. The van der Waals surface area contributed by atoms with Crippen LogP contribution in [0.4, 0.5) is 5.82 Å². The van der Waals surface area contributed by atoms with Crippen LogP contribution < -0.4 is 5.32 Å². The Bertz CT molecular complexity index is 350. The molecule has 1 aromatic rings. The average molecular weight is 187 g/mol. The van der Waals surface area contributed by atoms with Gasteiger partial charge in [-0.3, -0.25) is 0 Å². The molecule has 3 nitrogen and oxygen atoms in total. The van der Waals surface area contributed by atoms with Crippen LogP contribution >= 0.6 is 0 Å². The summed E-state index contributed by atoms with van der Waals surface area (Å²) in [4.78, 5) is 4.14. The molecule has 1 N–H and O–H groups in total. The molecule has 0 radical (unpaired) electrons. The van der Waals surface area contributed by atoms with Crippen molar-refractivity contribution >= 4 is 5.82 Å². The third-order valence-electron chi connectivity index (χ3n) is 2.42. The van der Waals surface area contributed by atoms with Crippen molar-refractivity contribution in [2.75, 3.05) is 11.9 Å². The number of pyridine rings is 1. The Morgan fingerprint density at radius 3 is 3.07 bits per heavy atom. The first-order valence-corrected chi connectivity index (χ1v) is 4.99. The van der Waals surface area contributed by atoms with Gasteiger partial charge in [0.15, 0.2) is 0 Å². The van der Waals surface area contributed by atoms with Crippen molar-refractivity contribution in [1.82, 2.24) is 4.98 Å². The van der Waals surface area contributed by atoms with Crippen LogP contribution in [0.5, 0.6) is 0 Å². The fourth-order valence-corrected chi connectivity index (χ4v) is 1.41. The maximum atomic E-state index is 8.65. The minimum absolute atomic E-state index is 0.474. The summed E-state index contributed by atoms with van der Waals surface area (Å²) in [6.45, 7) is 0.965. The number of hydrogen-bond acceptors (Lipinski definition) is 3. The number of nitriles is 1. The Kier molecular flexibility index (Phi) is 2.64. The number of anilines is 1. The van der Waals surface area contributed by atoms with Gasteiger partial charge in [-0.25, -0.2) is 4.98 Å². The second-order valence-electron chi connectivity index (χ2n) is 3.68. The molecule has 0 spiro atoms. The molecule has 1 heterocycles. The van der Waals surface area contributed by atoms with E-state index in [-0.39, 0.29) is 0 Å². The lowest BCUT2D eigenvalue weighted by Crippen LogP contribution is -2.04. The van der Waals surface area contributed by atoms with Gasteiger partial charge in [0.1, 0.15) is 17.6 Å². The maximum Gasteiger partial charge on any atom is 0.142 e. The molecule has 72 valence electrons. The van der Waals surface area contributed by atoms with E-state index in [1.165, 1.54) is 19.3 Å². The summed E-state index contributed by atoms with van der Waals surface area (Å²) in [5.74, 6) is 1.74. The fraction of sp³-hybridized carbons (Fsp3) is 0.455. The summed E-state index contributed by atoms with van der Waals surface area (Å²) >= 11 is 0. The molecule has 1 aliphatic carbocycles. The normalized spacial score (nSPS) is 14.8. The first-order valence-electron chi connectivity index (χ1n) is 4.99. The number of aromatic nitrogens is 1. The Labute approximate surface area is 83.8 Å². The Balaban J connectivity index is 1.85. The predicted octanol–water partition coefficient (Wildman–Crippen LogP) is 2.17. The molecule has 14 heavy (non-hydrogen) atoms. The molecule has 0 aromatic carbocycles. The minimum atomic E-state index is 0.474. The molecule has 1 aliphatic rings. The number of rotatable bonds is 4. The molecule has 1 saturated carbocycles. The van der Waals surface area contributed by atoms with Gasteiger partial charge in [-0.2, -0.15) is 5.26 Å². The summed E-state index contributed by atoms with van der Waals surface area (Å²) in [6.07, 6.45) is 3.99. The highest BCUT2D eigenvalue weighted by atomic mass is 15.0. The first-order chi connectivity index (χ1) is 6.88. The number of nitrogens with one attached hydrogen (secondary N) is 1. The van der Waals surface area contributed by atoms with Crippen molar-refractivity contribution in [2.24, 2.45) is 5.92 Å². The molecular formula is C11H13N3. The highest BCUT2D eigenvalue weighted by molar-refractivity contribution is 5.38. The summed E-state index contributed by atoms with van der Waals surface area (Å²) < 4.78 is 0. The highest BCUT2D eigenvalue weighted by Gasteiger charge is 2.20. The Morgan fingerprint density at radius 2 is 2.36 bits per heavy atom. The van der Waals surface area contributed by atoms with Gasteiger partial charge in [0.05, 0.1) is 0 Å². The van der Waals surface area contributed by atoms with E-state index in [9.17, 15) is 0 Å². The van der Waals surface area contributed by atoms with Crippen molar-refractivity contribution in [3.8, 4) is 6.07 Å². The van der Waals surface area contributed by atoms with Gasteiger partial charge < -0.3 is 5.32 Å². The zero-order chi connectivity index (χ0) is 9.80. The minimum Gasteiger partial charge on any atom is -0.370 e. The lowest BCUT2D eigenvalue weighted by atomic mass is 10.3. The Hall–Kier alpha value is -1.56. The van der Waals surface area contributed by atoms with Gasteiger partial charge in [0, 0.05) is 6.54 Å². The monoisotopic (exact) mass is 187 g/mol. The molecule has 0 bridgehead atoms. The van der Waals surface area contributed by atoms with E-state index >= 15 is 0 Å². The van der Waals surface area contributed by atoms with Crippen LogP contribution in [-0.4, -0.2) is 11.5 Å². The third kappa shape index (κ3) is 2.46. The van der Waals surface area contributed by atoms with E-state index in [4.69, 9.17) is 5.26 Å². The number of nitrogens with zero attached hydrogens (tertiary/aromatic N) is 2. The predicted molar refractivity (Wildman–Crippen MR) is 54.8 cm³/mol. The quantitative estimate of drug-likeness (QED) is 0.785. The van der Waals surface area contributed by atoms with Crippen molar-refractivity contribution < 1.29 is 0 Å². The number of hydrogen-bond donors (Lipinski definition) is 1. The van der Waals surface area contributed by atoms with E-state index in [2.05, 4.69) is 10.3 Å². The van der Waals surface area contributed by atoms with Gasteiger partial charge in [-0.15, -0.1) is 0 Å². The molecule has 0 saturated heterocycles. The van der Waals surface area contributed by atoms with E-state index in [0.29, 0.717) is 5.69 Å². The SMILES string of the molecule is N#Cc1cccc(NCCC2CC2)n1. The molecular weight excluding hydrogens is 174 g/mol. The van der Waals surface area contributed by atoms with Crippen LogP contribution in [0.2, 0.25) is 0 Å². The molecule has 0 amide bonds. The summed E-state index contributed by atoms with van der Waals surface area (Å²) in [6, 6.07) is 7.49. The summed E-state index contributed by atoms with van der Waals surface area (Å²) in [5, 5.41) is 11.9. The molecule has 0 aliphatic heterocycles. The average Bonchev–Trinajstić information content (AvgIpc) is 3.02. The van der Waals surface area contributed by atoms with Crippen LogP contribution in [0.1, 0.15) is 25.0 Å². The zero-order valence-corrected chi connectivity index (χ0v) is 8.03. The van der Waals surface area contributed by atoms with Gasteiger partial charge in [-0.1, -0.05) is 18.9 Å². The Morgan fingerprint density at radius 1 is 1.50 bits per heavy atom. The lowest BCUT2D eigenvalue weighted by molar-refractivity contribution is 0.758. The van der Waals surface area contributed by atoms with Crippen molar-refractivity contribution in [3.05, 3.63) is 23.9 Å². The van der Waals surface area contributed by atoms with Gasteiger partial charge >= 0.3 is 0 Å². The van der Waals surface area contributed by atoms with Crippen molar-refractivity contribution in [2.45, 2.75) is 19.3 Å². The van der Waals surface area contributed by atoms with E-state index in [1.54, 1.807) is 6.07 Å². The summed E-state index contributed by atoms with van der Waals surface area (Å²) in [7, 11) is 0. The molecule has 2 rings (SSSR count). The van der Waals surface area contributed by atoms with Gasteiger partial charge in [0.2, 0.25) is 0 Å². The molecule has 0 atom stereocenters. The van der Waals surface area contributed by atoms with Crippen LogP contribution in [0.25, 0.3) is 0 Å². The molecule has 1 aromatic heterocycles. The fourth-order valence-electron chi connectivity index (χ4n) is 1.41. The lowest BCUT2D eigenvalue weighted by Gasteiger charge is -2.03. The zero-order valence-electron chi connectivity index (χ0n) is 8.03. The van der Waals surface area contributed by atoms with Crippen LogP contribution in [0.3, 0.4) is 0 Å². The van der Waals surface area contributed by atoms with E-state index in [1.807, 2.05) is 18.2 Å². The van der Waals surface area contributed by atoms with E-state index < -0.39 is 0 Å². The van der Waals surface area contributed by atoms with Crippen LogP contribution in [0.15, 0.2) is 18.2 Å². The molecule has 0 unspecified atom stereocenters. The van der Waals surface area contributed by atoms with Crippen LogP contribution in [0, 0.1) is 17.2 Å². The second-order valence-corrected chi connectivity index (χ2v) is 3.68. The highest BCUT2D eigenvalue weighted by Crippen LogP contribution is 2.31. The van der Waals surface area contributed by atoms with Crippen molar-refractivity contribution in [1.29, 1.82) is 5.26 Å². The van der Waals surface area contributed by atoms with Gasteiger partial charge in [-0.05, 0) is 24.5 Å². The largest absolute Gasteiger partial charge is 0.370 e. The third-order valence-corrected chi connectivity index (χ3v) is 2.42. The smallest absolute Gasteiger partial charge is 0.142 e. The topological polar surface area (TPSA) is 48.7 Å². The second kappa shape index (κ2) is 4.10.